The van der Waals surface area contributed by atoms with E-state index in [0.717, 1.165) is 42.7 Å². The summed E-state index contributed by atoms with van der Waals surface area (Å²) in [6.07, 6.45) is 3.40. The molecule has 2 aromatic heterocycles. The van der Waals surface area contributed by atoms with Gasteiger partial charge in [0.15, 0.2) is 0 Å². The molecule has 140 valence electrons. The van der Waals surface area contributed by atoms with Crippen molar-refractivity contribution in [3.8, 4) is 0 Å². The number of nitrogens with one attached hydrogen (secondary N) is 2. The van der Waals surface area contributed by atoms with Gasteiger partial charge >= 0.3 is 0 Å². The normalized spacial score (nSPS) is 15.1. The lowest BCUT2D eigenvalue weighted by Gasteiger charge is -2.23. The predicted octanol–water partition coefficient (Wildman–Crippen LogP) is 2.31. The lowest BCUT2D eigenvalue weighted by molar-refractivity contribution is 0.0656. The van der Waals surface area contributed by atoms with Crippen LogP contribution in [-0.4, -0.2) is 33.9 Å². The molecule has 7 nitrogen and oxygen atoms in total. The number of aromatic amines is 1. The van der Waals surface area contributed by atoms with E-state index in [1.54, 1.807) is 6.20 Å². The van der Waals surface area contributed by atoms with Gasteiger partial charge in [-0.1, -0.05) is 18.2 Å². The molecule has 0 bridgehead atoms. The Balaban J connectivity index is 1.49. The Morgan fingerprint density at radius 1 is 1.33 bits per heavy atom. The number of rotatable bonds is 4. The summed E-state index contributed by atoms with van der Waals surface area (Å²) in [5.74, 6) is -0.224. The number of benzene rings is 1. The molecule has 1 aromatic carbocycles. The molecule has 3 heterocycles. The second-order valence-corrected chi connectivity index (χ2v) is 6.83. The molecule has 0 atom stereocenters. The standard InChI is InChI=1S/C20H22N4O3/c1-13-17(12-22-24(13)16-6-8-27-9-7-16)20(26)21-11-15-10-14-4-2-3-5-18(14)23-19(15)25/h2-5,10,12,16H,6-9,11H2,1H3,(H,21,26)(H,23,25). The first-order valence-corrected chi connectivity index (χ1v) is 9.14. The fourth-order valence-electron chi connectivity index (χ4n) is 3.54. The number of nitrogens with zero attached hydrogens (tertiary/aromatic N) is 2. The van der Waals surface area contributed by atoms with E-state index < -0.39 is 0 Å². The molecule has 7 heteroatoms. The van der Waals surface area contributed by atoms with E-state index in [0.29, 0.717) is 11.1 Å². The number of hydrogen-bond donors (Lipinski definition) is 2. The van der Waals surface area contributed by atoms with Crippen LogP contribution >= 0.6 is 0 Å². The van der Waals surface area contributed by atoms with E-state index in [-0.39, 0.29) is 24.1 Å². The lowest BCUT2D eigenvalue weighted by atomic mass is 10.1. The number of carbonyl (C=O) groups excluding carboxylic acids is 1. The predicted molar refractivity (Wildman–Crippen MR) is 102 cm³/mol. The van der Waals surface area contributed by atoms with Gasteiger partial charge in [0.05, 0.1) is 17.8 Å². The quantitative estimate of drug-likeness (QED) is 0.742. The summed E-state index contributed by atoms with van der Waals surface area (Å²) in [5, 5.41) is 8.18. The Bertz CT molecular complexity index is 1030. The molecule has 0 spiro atoms. The largest absolute Gasteiger partial charge is 0.381 e. The van der Waals surface area contributed by atoms with Crippen molar-refractivity contribution in [1.29, 1.82) is 0 Å². The van der Waals surface area contributed by atoms with Crippen molar-refractivity contribution >= 4 is 16.8 Å². The summed E-state index contributed by atoms with van der Waals surface area (Å²) in [6.45, 7) is 3.51. The summed E-state index contributed by atoms with van der Waals surface area (Å²) in [6, 6.07) is 9.65. The molecule has 1 amide bonds. The highest BCUT2D eigenvalue weighted by molar-refractivity contribution is 5.95. The van der Waals surface area contributed by atoms with E-state index in [9.17, 15) is 9.59 Å². The fraction of sp³-hybridized carbons (Fsp3) is 0.350. The van der Waals surface area contributed by atoms with E-state index in [1.807, 2.05) is 41.9 Å². The monoisotopic (exact) mass is 366 g/mol. The van der Waals surface area contributed by atoms with Gasteiger partial charge in [-0.2, -0.15) is 5.10 Å². The Morgan fingerprint density at radius 3 is 2.93 bits per heavy atom. The molecule has 1 aliphatic rings. The smallest absolute Gasteiger partial charge is 0.255 e. The molecule has 0 aliphatic carbocycles. The lowest BCUT2D eigenvalue weighted by Crippen LogP contribution is -2.27. The van der Waals surface area contributed by atoms with Gasteiger partial charge in [-0.3, -0.25) is 14.3 Å². The molecule has 0 unspecified atom stereocenters. The minimum absolute atomic E-state index is 0.168. The van der Waals surface area contributed by atoms with Crippen LogP contribution in [0.5, 0.6) is 0 Å². The summed E-state index contributed by atoms with van der Waals surface area (Å²) >= 11 is 0. The maximum atomic E-state index is 12.6. The summed E-state index contributed by atoms with van der Waals surface area (Å²) in [7, 11) is 0. The third-order valence-corrected chi connectivity index (χ3v) is 5.10. The summed E-state index contributed by atoms with van der Waals surface area (Å²) in [5.41, 5.74) is 2.50. The van der Waals surface area contributed by atoms with Crippen LogP contribution in [-0.2, 0) is 11.3 Å². The average molecular weight is 366 g/mol. The molecular formula is C20H22N4O3. The van der Waals surface area contributed by atoms with Gasteiger partial charge in [0, 0.05) is 36.5 Å². The molecular weight excluding hydrogens is 344 g/mol. The Labute approximate surface area is 156 Å². The molecule has 1 aliphatic heterocycles. The average Bonchev–Trinajstić information content (AvgIpc) is 3.08. The van der Waals surface area contributed by atoms with Gasteiger partial charge in [-0.15, -0.1) is 0 Å². The van der Waals surface area contributed by atoms with E-state index in [4.69, 9.17) is 4.74 Å². The highest BCUT2D eigenvalue weighted by atomic mass is 16.5. The first-order chi connectivity index (χ1) is 13.1. The van der Waals surface area contributed by atoms with Crippen LogP contribution in [0.1, 0.15) is 40.5 Å². The molecule has 0 radical (unpaired) electrons. The third kappa shape index (κ3) is 3.50. The van der Waals surface area contributed by atoms with Gasteiger partial charge < -0.3 is 15.0 Å². The number of hydrogen-bond acceptors (Lipinski definition) is 4. The number of fused-ring (bicyclic) bond motifs is 1. The van der Waals surface area contributed by atoms with Crippen LogP contribution in [0, 0.1) is 6.92 Å². The second-order valence-electron chi connectivity index (χ2n) is 6.83. The molecule has 1 saturated heterocycles. The number of H-pyrrole nitrogens is 1. The van der Waals surface area contributed by atoms with Crippen LogP contribution in [0.2, 0.25) is 0 Å². The third-order valence-electron chi connectivity index (χ3n) is 5.10. The maximum Gasteiger partial charge on any atom is 0.255 e. The minimum atomic E-state index is -0.224. The van der Waals surface area contributed by atoms with Gasteiger partial charge in [-0.05, 0) is 37.3 Å². The minimum Gasteiger partial charge on any atom is -0.381 e. The number of aromatic nitrogens is 3. The molecule has 27 heavy (non-hydrogen) atoms. The molecule has 0 saturated carbocycles. The Kier molecular flexibility index (Phi) is 4.77. The Hall–Kier alpha value is -2.93. The van der Waals surface area contributed by atoms with Crippen molar-refractivity contribution in [1.82, 2.24) is 20.1 Å². The van der Waals surface area contributed by atoms with Gasteiger partial charge in [0.2, 0.25) is 0 Å². The first kappa shape index (κ1) is 17.5. The zero-order valence-electron chi connectivity index (χ0n) is 15.2. The van der Waals surface area contributed by atoms with Crippen molar-refractivity contribution in [3.63, 3.8) is 0 Å². The fourth-order valence-corrected chi connectivity index (χ4v) is 3.54. The van der Waals surface area contributed by atoms with Gasteiger partial charge in [0.25, 0.3) is 11.5 Å². The zero-order valence-corrected chi connectivity index (χ0v) is 15.2. The number of para-hydroxylation sites is 1. The van der Waals surface area contributed by atoms with Gasteiger partial charge in [-0.25, -0.2) is 0 Å². The van der Waals surface area contributed by atoms with Crippen LogP contribution in [0.3, 0.4) is 0 Å². The maximum absolute atomic E-state index is 12.6. The highest BCUT2D eigenvalue weighted by Crippen LogP contribution is 2.23. The topological polar surface area (TPSA) is 89.0 Å². The second kappa shape index (κ2) is 7.36. The van der Waals surface area contributed by atoms with Crippen molar-refractivity contribution in [2.24, 2.45) is 0 Å². The van der Waals surface area contributed by atoms with E-state index >= 15 is 0 Å². The van der Waals surface area contributed by atoms with Gasteiger partial charge in [0.1, 0.15) is 0 Å². The van der Waals surface area contributed by atoms with Crippen molar-refractivity contribution < 1.29 is 9.53 Å². The number of pyridine rings is 1. The number of amides is 1. The highest BCUT2D eigenvalue weighted by Gasteiger charge is 2.21. The van der Waals surface area contributed by atoms with Crippen molar-refractivity contribution in [3.05, 3.63) is 63.7 Å². The van der Waals surface area contributed by atoms with Crippen LogP contribution in [0.25, 0.3) is 10.9 Å². The summed E-state index contributed by atoms with van der Waals surface area (Å²) < 4.78 is 7.31. The molecule has 3 aromatic rings. The molecule has 4 rings (SSSR count). The number of carbonyl (C=O) groups is 1. The Morgan fingerprint density at radius 2 is 2.11 bits per heavy atom. The molecule has 1 fully saturated rings. The van der Waals surface area contributed by atoms with Crippen LogP contribution < -0.4 is 10.9 Å². The summed E-state index contributed by atoms with van der Waals surface area (Å²) in [4.78, 5) is 27.7. The van der Waals surface area contributed by atoms with Crippen molar-refractivity contribution in [2.45, 2.75) is 32.4 Å². The zero-order chi connectivity index (χ0) is 18.8. The first-order valence-electron chi connectivity index (χ1n) is 9.14. The number of ether oxygens (including phenoxy) is 1. The van der Waals surface area contributed by atoms with E-state index in [2.05, 4.69) is 15.4 Å². The SMILES string of the molecule is Cc1c(C(=O)NCc2cc3ccccc3[nH]c2=O)cnn1C1CCOCC1. The van der Waals surface area contributed by atoms with Crippen molar-refractivity contribution in [2.75, 3.05) is 13.2 Å². The molecule has 2 N–H and O–H groups in total. The van der Waals surface area contributed by atoms with Crippen LogP contribution in [0.15, 0.2) is 41.3 Å². The van der Waals surface area contributed by atoms with E-state index in [1.165, 1.54) is 0 Å². The van der Waals surface area contributed by atoms with Crippen LogP contribution in [0.4, 0.5) is 0 Å².